The van der Waals surface area contributed by atoms with Crippen LogP contribution in [0.5, 0.6) is 0 Å². The van der Waals surface area contributed by atoms with Crippen LogP contribution in [0.25, 0.3) is 0 Å². The van der Waals surface area contributed by atoms with Gasteiger partial charge in [-0.1, -0.05) is 136 Å². The van der Waals surface area contributed by atoms with Crippen molar-refractivity contribution in [3.05, 3.63) is 109 Å². The second kappa shape index (κ2) is 41.1. The van der Waals surface area contributed by atoms with Gasteiger partial charge in [-0.15, -0.1) is 0 Å². The van der Waals surface area contributed by atoms with Crippen LogP contribution in [0.4, 0.5) is 0 Å². The molecule has 17 nitrogen and oxygen atoms in total. The molecule has 0 bridgehead atoms. The summed E-state index contributed by atoms with van der Waals surface area (Å²) < 4.78 is 49.2. The van der Waals surface area contributed by atoms with Crippen LogP contribution in [0.2, 0.25) is 0 Å². The smallest absolute Gasteiger partial charge is 0.462 e. The molecule has 398 valence electrons. The van der Waals surface area contributed by atoms with Gasteiger partial charge in [0.15, 0.2) is 6.10 Å². The minimum atomic E-state index is -5.39. The molecule has 8 atom stereocenters. The first-order valence-corrected chi connectivity index (χ1v) is 27.6. The Morgan fingerprint density at radius 2 is 0.914 bits per heavy atom. The third-order valence-corrected chi connectivity index (χ3v) is 11.9. The molecular weight excluding hydrogens is 946 g/mol. The van der Waals surface area contributed by atoms with Gasteiger partial charge in [0.25, 0.3) is 0 Å². The fourth-order valence-corrected chi connectivity index (χ4v) is 8.11. The van der Waals surface area contributed by atoms with Gasteiger partial charge in [0.05, 0.1) is 6.61 Å². The maximum Gasteiger partial charge on any atom is 0.472 e. The topological polar surface area (TPSA) is 276 Å². The Labute approximate surface area is 415 Å². The van der Waals surface area contributed by atoms with Crippen molar-refractivity contribution >= 4 is 27.6 Å². The van der Waals surface area contributed by atoms with E-state index in [4.69, 9.17) is 23.6 Å². The number of rotatable bonds is 40. The zero-order valence-electron chi connectivity index (χ0n) is 40.8. The molecule has 70 heavy (non-hydrogen) atoms. The van der Waals surface area contributed by atoms with Crippen molar-refractivity contribution in [1.82, 2.24) is 0 Å². The molecule has 1 aliphatic rings. The Morgan fingerprint density at radius 3 is 1.37 bits per heavy atom. The standard InChI is InChI=1S/C51H82O17P2/c1-2-3-4-5-6-7-8-9-10-11-12-14-18-21-24-27-30-33-36-39-45(54)66-43(42-65-70(62,63)68-51-48(57)46(55)47(56)50(49(51)58)67-69(59,60)61)41-64-44(53)38-35-32-29-26-23-20-17-15-13-16-19-22-25-28-31-34-37-40-52/h6-7,9-10,12-14,16-17,20-22,24-26,29-30,33,43,46-52,55-58H,2-5,8,11,15,18-19,23,27-28,31-32,34-42H2,1H3,(H,62,63)(H2,59,60,61)/b7-6-,10-9-,14-12-,16-13-,20-17-,24-21-,25-22-,29-26-,33-30-/t43-,46?,47?,48?,49?,50-,51+/m1/s1. The minimum Gasteiger partial charge on any atom is -0.462 e. The number of unbranched alkanes of at least 4 members (excludes halogenated alkanes) is 7. The van der Waals surface area contributed by atoms with Gasteiger partial charge in [-0.25, -0.2) is 9.13 Å². The Hall–Kier alpha value is -3.38. The molecule has 19 heteroatoms. The van der Waals surface area contributed by atoms with E-state index in [0.717, 1.165) is 70.6 Å². The summed E-state index contributed by atoms with van der Waals surface area (Å²) in [5, 5.41) is 50.1. The summed E-state index contributed by atoms with van der Waals surface area (Å²) in [5.41, 5.74) is 0. The first-order chi connectivity index (χ1) is 33.6. The largest absolute Gasteiger partial charge is 0.472 e. The summed E-state index contributed by atoms with van der Waals surface area (Å²) >= 11 is 0. The lowest BCUT2D eigenvalue weighted by Crippen LogP contribution is -2.64. The summed E-state index contributed by atoms with van der Waals surface area (Å²) in [4.78, 5) is 54.3. The second-order valence-electron chi connectivity index (χ2n) is 16.5. The number of hydrogen-bond donors (Lipinski definition) is 8. The highest BCUT2D eigenvalue weighted by Crippen LogP contribution is 2.49. The lowest BCUT2D eigenvalue weighted by Gasteiger charge is -2.43. The number of carbonyl (C=O) groups excluding carboxylic acids is 2. The zero-order chi connectivity index (χ0) is 51.7. The highest BCUT2D eigenvalue weighted by atomic mass is 31.2. The van der Waals surface area contributed by atoms with E-state index in [0.29, 0.717) is 19.3 Å². The number of phosphoric acid groups is 2. The normalized spacial score (nSPS) is 21.9. The molecule has 1 saturated carbocycles. The molecule has 0 radical (unpaired) electrons. The molecule has 0 aromatic carbocycles. The Bertz CT molecular complexity index is 1760. The molecule has 5 unspecified atom stereocenters. The number of ether oxygens (including phenoxy) is 2. The van der Waals surface area contributed by atoms with Gasteiger partial charge in [0, 0.05) is 19.4 Å². The molecule has 0 heterocycles. The fourth-order valence-electron chi connectivity index (χ4n) is 6.57. The minimum absolute atomic E-state index is 0.0128. The van der Waals surface area contributed by atoms with Crippen LogP contribution in [0.3, 0.4) is 0 Å². The van der Waals surface area contributed by atoms with Crippen molar-refractivity contribution in [3.63, 3.8) is 0 Å². The van der Waals surface area contributed by atoms with Crippen LogP contribution >= 0.6 is 15.6 Å². The van der Waals surface area contributed by atoms with Crippen LogP contribution in [-0.2, 0) is 41.8 Å². The van der Waals surface area contributed by atoms with Crippen molar-refractivity contribution in [2.75, 3.05) is 19.8 Å². The van der Waals surface area contributed by atoms with E-state index in [1.807, 2.05) is 36.5 Å². The summed E-state index contributed by atoms with van der Waals surface area (Å²) in [7, 11) is -10.7. The summed E-state index contributed by atoms with van der Waals surface area (Å²) in [6.07, 6.45) is 37.9. The van der Waals surface area contributed by atoms with Crippen LogP contribution in [0.15, 0.2) is 109 Å². The van der Waals surface area contributed by atoms with Crippen LogP contribution < -0.4 is 0 Å². The molecule has 0 aromatic rings. The van der Waals surface area contributed by atoms with Crippen LogP contribution in [-0.4, -0.2) is 115 Å². The number of phosphoric ester groups is 2. The highest BCUT2D eigenvalue weighted by molar-refractivity contribution is 7.47. The molecule has 8 N–H and O–H groups in total. The fraction of sp³-hybridized carbons (Fsp3) is 0.608. The molecule has 0 spiro atoms. The van der Waals surface area contributed by atoms with E-state index in [-0.39, 0.29) is 25.9 Å². The van der Waals surface area contributed by atoms with Crippen LogP contribution in [0.1, 0.15) is 135 Å². The molecule has 0 aromatic heterocycles. The summed E-state index contributed by atoms with van der Waals surface area (Å²) in [6, 6.07) is 0. The van der Waals surface area contributed by atoms with Crippen molar-refractivity contribution < 1.29 is 82.0 Å². The van der Waals surface area contributed by atoms with E-state index in [2.05, 4.69) is 78.3 Å². The van der Waals surface area contributed by atoms with E-state index >= 15 is 0 Å². The summed E-state index contributed by atoms with van der Waals surface area (Å²) in [5.74, 6) is -1.39. The van der Waals surface area contributed by atoms with E-state index in [1.54, 1.807) is 6.08 Å². The number of esters is 2. The lowest BCUT2D eigenvalue weighted by atomic mass is 9.85. The summed E-state index contributed by atoms with van der Waals surface area (Å²) in [6.45, 7) is 0.969. The maximum absolute atomic E-state index is 13.0. The predicted molar refractivity (Wildman–Crippen MR) is 270 cm³/mol. The highest BCUT2D eigenvalue weighted by Gasteiger charge is 2.54. The van der Waals surface area contributed by atoms with Gasteiger partial charge < -0.3 is 49.7 Å². The molecule has 0 aliphatic heterocycles. The SMILES string of the molecule is CCCCC/C=C\C/C=C\C/C=C\C/C=C\C/C=C\CCC(=O)O[C@H](COC(=O)CCC/C=C\C/C=C\C/C=C\C/C=C\CCCCCO)COP(=O)(O)O[C@H]1C(O)C(O)C(O)[C@@H](OP(=O)(O)O)C1O. The van der Waals surface area contributed by atoms with Gasteiger partial charge in [0.2, 0.25) is 0 Å². The number of hydrogen-bond acceptors (Lipinski definition) is 14. The molecule has 1 rings (SSSR count). The van der Waals surface area contributed by atoms with Gasteiger partial charge in [-0.3, -0.25) is 23.2 Å². The van der Waals surface area contributed by atoms with Gasteiger partial charge in [-0.05, 0) is 96.3 Å². The van der Waals surface area contributed by atoms with Crippen molar-refractivity contribution in [1.29, 1.82) is 0 Å². The first-order valence-electron chi connectivity index (χ1n) is 24.5. The molecule has 0 amide bonds. The van der Waals surface area contributed by atoms with Gasteiger partial charge in [0.1, 0.15) is 43.2 Å². The number of allylic oxidation sites excluding steroid dienone is 18. The Kier molecular flexibility index (Phi) is 38.0. The maximum atomic E-state index is 13.0. The van der Waals surface area contributed by atoms with Gasteiger partial charge in [-0.2, -0.15) is 0 Å². The third kappa shape index (κ3) is 34.9. The number of aliphatic hydroxyl groups excluding tert-OH is 5. The predicted octanol–water partition coefficient (Wildman–Crippen LogP) is 8.70. The quantitative estimate of drug-likeness (QED) is 0.0123. The average Bonchev–Trinajstić information content (AvgIpc) is 3.32. The van der Waals surface area contributed by atoms with Crippen molar-refractivity contribution in [2.24, 2.45) is 0 Å². The molecule has 1 aliphatic carbocycles. The molecule has 0 saturated heterocycles. The Morgan fingerprint density at radius 1 is 0.486 bits per heavy atom. The number of aliphatic hydroxyl groups is 5. The lowest BCUT2D eigenvalue weighted by molar-refractivity contribution is -0.216. The van der Waals surface area contributed by atoms with Crippen LogP contribution in [0, 0.1) is 0 Å². The van der Waals surface area contributed by atoms with E-state index in [9.17, 15) is 53.8 Å². The monoisotopic (exact) mass is 1030 g/mol. The van der Waals surface area contributed by atoms with E-state index < -0.39 is 83.5 Å². The average molecular weight is 1030 g/mol. The van der Waals surface area contributed by atoms with Crippen molar-refractivity contribution in [3.8, 4) is 0 Å². The van der Waals surface area contributed by atoms with Gasteiger partial charge >= 0.3 is 27.6 Å². The van der Waals surface area contributed by atoms with Crippen molar-refractivity contribution in [2.45, 2.75) is 178 Å². The zero-order valence-corrected chi connectivity index (χ0v) is 42.6. The van der Waals surface area contributed by atoms with E-state index in [1.165, 1.54) is 19.3 Å². The first kappa shape index (κ1) is 64.6. The molecule has 1 fully saturated rings. The number of carbonyl (C=O) groups is 2. The Balaban J connectivity index is 2.67. The third-order valence-electron chi connectivity index (χ3n) is 10.4. The second-order valence-corrected chi connectivity index (χ2v) is 19.1. The molecular formula is C51H82O17P2.